The van der Waals surface area contributed by atoms with Crippen molar-refractivity contribution in [2.75, 3.05) is 7.11 Å². The third-order valence-electron chi connectivity index (χ3n) is 3.57. The zero-order chi connectivity index (χ0) is 18.0. The number of rotatable bonds is 5. The van der Waals surface area contributed by atoms with Gasteiger partial charge in [-0.15, -0.1) is 0 Å². The van der Waals surface area contributed by atoms with Crippen LogP contribution in [-0.2, 0) is 0 Å². The van der Waals surface area contributed by atoms with Gasteiger partial charge >= 0.3 is 0 Å². The van der Waals surface area contributed by atoms with E-state index in [0.717, 1.165) is 11.5 Å². The van der Waals surface area contributed by atoms with Crippen LogP contribution in [0.3, 0.4) is 0 Å². The van der Waals surface area contributed by atoms with Crippen LogP contribution in [0, 0.1) is 10.1 Å². The molecular weight excluding hydrogens is 346 g/mol. The smallest absolute Gasteiger partial charge is 0.288 e. The van der Waals surface area contributed by atoms with E-state index in [2.05, 4.69) is 0 Å². The summed E-state index contributed by atoms with van der Waals surface area (Å²) in [6.07, 6.45) is 2.79. The summed E-state index contributed by atoms with van der Waals surface area (Å²) in [7, 11) is 1.55. The first-order chi connectivity index (χ1) is 12.0. The Labute approximate surface area is 147 Å². The van der Waals surface area contributed by atoms with Crippen LogP contribution in [0.4, 0.5) is 5.69 Å². The van der Waals surface area contributed by atoms with Crippen molar-refractivity contribution in [3.05, 3.63) is 75.0 Å². The Balaban J connectivity index is 1.88. The van der Waals surface area contributed by atoms with Crippen molar-refractivity contribution in [3.8, 4) is 5.75 Å². The molecule has 0 N–H and O–H groups in total. The van der Waals surface area contributed by atoms with Crippen molar-refractivity contribution in [2.24, 2.45) is 0 Å². The van der Waals surface area contributed by atoms with Gasteiger partial charge in [-0.2, -0.15) is 0 Å². The topological polar surface area (TPSA) is 82.6 Å². The zero-order valence-corrected chi connectivity index (χ0v) is 13.8. The van der Waals surface area contributed by atoms with Crippen LogP contribution in [0.25, 0.3) is 17.0 Å². The highest BCUT2D eigenvalue weighted by Gasteiger charge is 2.15. The van der Waals surface area contributed by atoms with Gasteiger partial charge in [0.15, 0.2) is 17.1 Å². The highest BCUT2D eigenvalue weighted by Crippen LogP contribution is 2.29. The zero-order valence-electron chi connectivity index (χ0n) is 13.1. The van der Waals surface area contributed by atoms with Gasteiger partial charge < -0.3 is 9.15 Å². The summed E-state index contributed by atoms with van der Waals surface area (Å²) in [5.41, 5.74) is 0.440. The normalized spacial score (nSPS) is 11.1. The fourth-order valence-corrected chi connectivity index (χ4v) is 2.55. The van der Waals surface area contributed by atoms with Gasteiger partial charge in [-0.05, 0) is 36.4 Å². The molecule has 0 aliphatic rings. The number of benzene rings is 2. The van der Waals surface area contributed by atoms with E-state index in [4.69, 9.17) is 20.8 Å². The quantitative estimate of drug-likeness (QED) is 0.281. The number of carbonyl (C=O) groups is 1. The standard InChI is InChI=1S/C18H12ClNO5/c1-24-17-4-2-3-12-9-13(25-18(12)17)6-8-16(21)11-5-7-14(19)15(10-11)20(22)23/h2-10H,1H3/b8-6+. The molecule has 0 aliphatic carbocycles. The predicted molar refractivity (Wildman–Crippen MR) is 94.2 cm³/mol. The highest BCUT2D eigenvalue weighted by molar-refractivity contribution is 6.32. The number of carbonyl (C=O) groups excluding carboxylic acids is 1. The van der Waals surface area contributed by atoms with Crippen molar-refractivity contribution < 1.29 is 18.9 Å². The monoisotopic (exact) mass is 357 g/mol. The minimum atomic E-state index is -0.631. The third-order valence-corrected chi connectivity index (χ3v) is 3.89. The Kier molecular flexibility index (Phi) is 4.54. The molecule has 0 unspecified atom stereocenters. The maximum absolute atomic E-state index is 12.2. The molecule has 0 amide bonds. The number of halogens is 1. The van der Waals surface area contributed by atoms with E-state index in [-0.39, 0.29) is 16.3 Å². The molecule has 25 heavy (non-hydrogen) atoms. The Morgan fingerprint density at radius 3 is 2.80 bits per heavy atom. The number of allylic oxidation sites excluding steroid dienone is 1. The molecule has 1 aromatic heterocycles. The van der Waals surface area contributed by atoms with Crippen LogP contribution in [-0.4, -0.2) is 17.8 Å². The molecule has 0 radical (unpaired) electrons. The van der Waals surface area contributed by atoms with Gasteiger partial charge in [-0.1, -0.05) is 23.7 Å². The van der Waals surface area contributed by atoms with Gasteiger partial charge in [-0.25, -0.2) is 0 Å². The van der Waals surface area contributed by atoms with Crippen molar-refractivity contribution in [2.45, 2.75) is 0 Å². The second-order valence-electron chi connectivity index (χ2n) is 5.15. The second kappa shape index (κ2) is 6.78. The molecule has 126 valence electrons. The summed E-state index contributed by atoms with van der Waals surface area (Å²) >= 11 is 5.74. The van der Waals surface area contributed by atoms with Crippen LogP contribution < -0.4 is 4.74 Å². The predicted octanol–water partition coefficient (Wildman–Crippen LogP) is 4.90. The van der Waals surface area contributed by atoms with E-state index >= 15 is 0 Å². The van der Waals surface area contributed by atoms with Gasteiger partial charge in [-0.3, -0.25) is 14.9 Å². The lowest BCUT2D eigenvalue weighted by Crippen LogP contribution is -1.97. The Bertz CT molecular complexity index is 1010. The highest BCUT2D eigenvalue weighted by atomic mass is 35.5. The molecule has 1 heterocycles. The number of fused-ring (bicyclic) bond motifs is 1. The summed E-state index contributed by atoms with van der Waals surface area (Å²) in [5.74, 6) is 0.667. The van der Waals surface area contributed by atoms with Crippen LogP contribution in [0.5, 0.6) is 5.75 Å². The van der Waals surface area contributed by atoms with Crippen LogP contribution in [0.15, 0.2) is 53.0 Å². The maximum atomic E-state index is 12.2. The fourth-order valence-electron chi connectivity index (χ4n) is 2.36. The van der Waals surface area contributed by atoms with Gasteiger partial charge in [0.25, 0.3) is 5.69 Å². The van der Waals surface area contributed by atoms with E-state index in [1.54, 1.807) is 19.2 Å². The van der Waals surface area contributed by atoms with Crippen molar-refractivity contribution in [1.29, 1.82) is 0 Å². The number of furan rings is 1. The first-order valence-electron chi connectivity index (χ1n) is 7.22. The van der Waals surface area contributed by atoms with E-state index in [1.165, 1.54) is 24.3 Å². The second-order valence-corrected chi connectivity index (χ2v) is 5.56. The van der Waals surface area contributed by atoms with Crippen LogP contribution in [0.2, 0.25) is 5.02 Å². The Hall–Kier alpha value is -3.12. The van der Waals surface area contributed by atoms with Crippen molar-refractivity contribution in [1.82, 2.24) is 0 Å². The van der Waals surface area contributed by atoms with Crippen LogP contribution >= 0.6 is 11.6 Å². The van der Waals surface area contributed by atoms with Crippen molar-refractivity contribution in [3.63, 3.8) is 0 Å². The Morgan fingerprint density at radius 2 is 2.08 bits per heavy atom. The molecule has 3 rings (SSSR count). The largest absolute Gasteiger partial charge is 0.493 e. The molecule has 6 nitrogen and oxygen atoms in total. The van der Waals surface area contributed by atoms with Crippen molar-refractivity contribution >= 4 is 40.1 Å². The lowest BCUT2D eigenvalue weighted by molar-refractivity contribution is -0.384. The number of hydrogen-bond acceptors (Lipinski definition) is 5. The molecule has 0 bridgehead atoms. The number of nitrogens with zero attached hydrogens (tertiary/aromatic N) is 1. The van der Waals surface area contributed by atoms with E-state index in [0.29, 0.717) is 17.1 Å². The molecule has 3 aromatic rings. The minimum absolute atomic E-state index is 0.0186. The molecular formula is C18H12ClNO5. The van der Waals surface area contributed by atoms with E-state index in [1.807, 2.05) is 12.1 Å². The summed E-state index contributed by atoms with van der Waals surface area (Å²) in [6, 6.07) is 11.2. The minimum Gasteiger partial charge on any atom is -0.493 e. The van der Waals surface area contributed by atoms with E-state index in [9.17, 15) is 14.9 Å². The van der Waals surface area contributed by atoms with Gasteiger partial charge in [0.2, 0.25) is 0 Å². The first kappa shape index (κ1) is 16.7. The molecule has 2 aromatic carbocycles. The van der Waals surface area contributed by atoms with Gasteiger partial charge in [0, 0.05) is 17.0 Å². The number of ketones is 1. The molecule has 0 atom stereocenters. The number of para-hydroxylation sites is 1. The number of hydrogen-bond donors (Lipinski definition) is 0. The number of nitro groups is 1. The van der Waals surface area contributed by atoms with Gasteiger partial charge in [0.05, 0.1) is 12.0 Å². The molecule has 0 spiro atoms. The molecule has 0 aliphatic heterocycles. The van der Waals surface area contributed by atoms with Gasteiger partial charge in [0.1, 0.15) is 10.8 Å². The molecule has 0 fully saturated rings. The SMILES string of the molecule is COc1cccc2cc(/C=C/C(=O)c3ccc(Cl)c([N+](=O)[O-])c3)oc12. The lowest BCUT2D eigenvalue weighted by atomic mass is 10.1. The number of ether oxygens (including phenoxy) is 1. The van der Waals surface area contributed by atoms with E-state index < -0.39 is 10.7 Å². The molecule has 0 saturated heterocycles. The molecule has 0 saturated carbocycles. The maximum Gasteiger partial charge on any atom is 0.288 e. The number of nitro benzene ring substituents is 1. The summed E-state index contributed by atoms with van der Waals surface area (Å²) in [4.78, 5) is 22.5. The summed E-state index contributed by atoms with van der Waals surface area (Å²) < 4.78 is 10.9. The Morgan fingerprint density at radius 1 is 1.28 bits per heavy atom. The van der Waals surface area contributed by atoms with Crippen LogP contribution in [0.1, 0.15) is 16.1 Å². The molecule has 7 heteroatoms. The summed E-state index contributed by atoms with van der Waals surface area (Å²) in [6.45, 7) is 0. The third kappa shape index (κ3) is 3.39. The first-order valence-corrected chi connectivity index (χ1v) is 7.60. The average molecular weight is 358 g/mol. The lowest BCUT2D eigenvalue weighted by Gasteiger charge is -1.98. The average Bonchev–Trinajstić information content (AvgIpc) is 3.02. The summed E-state index contributed by atoms with van der Waals surface area (Å²) in [5, 5.41) is 11.7. The fraction of sp³-hybridized carbons (Fsp3) is 0.0556. The number of methoxy groups -OCH3 is 1.